The van der Waals surface area contributed by atoms with E-state index in [1.54, 1.807) is 0 Å². The first-order chi connectivity index (χ1) is 6.83. The van der Waals surface area contributed by atoms with Crippen molar-refractivity contribution in [1.82, 2.24) is 0 Å². The molecule has 0 amide bonds. The molecule has 1 saturated carbocycles. The van der Waals surface area contributed by atoms with E-state index in [-0.39, 0.29) is 18.4 Å². The summed E-state index contributed by atoms with van der Waals surface area (Å²) in [4.78, 5) is 0. The second kappa shape index (κ2) is 5.38. The van der Waals surface area contributed by atoms with Crippen molar-refractivity contribution in [2.75, 3.05) is 6.61 Å². The van der Waals surface area contributed by atoms with Gasteiger partial charge >= 0.3 is 0 Å². The number of ether oxygens (including phenoxy) is 1. The molecule has 1 aliphatic carbocycles. The maximum absolute atomic E-state index is 6.15. The van der Waals surface area contributed by atoms with Crippen LogP contribution in [0.5, 0.6) is 5.75 Å². The van der Waals surface area contributed by atoms with Gasteiger partial charge in [0, 0.05) is 11.6 Å². The zero-order chi connectivity index (χ0) is 9.97. The third-order valence-electron chi connectivity index (χ3n) is 2.71. The van der Waals surface area contributed by atoms with Crippen LogP contribution in [0.4, 0.5) is 0 Å². The van der Waals surface area contributed by atoms with Gasteiger partial charge in [0.25, 0.3) is 0 Å². The third kappa shape index (κ3) is 2.86. The van der Waals surface area contributed by atoms with Crippen molar-refractivity contribution in [3.8, 4) is 5.75 Å². The number of hydrogen-bond donors (Lipinski definition) is 1. The Kier molecular flexibility index (Phi) is 4.43. The lowest BCUT2D eigenvalue weighted by Gasteiger charge is -2.15. The van der Waals surface area contributed by atoms with Gasteiger partial charge in [-0.15, -0.1) is 12.4 Å². The quantitative estimate of drug-likeness (QED) is 0.859. The van der Waals surface area contributed by atoms with E-state index in [1.807, 2.05) is 25.1 Å². The highest BCUT2D eigenvalue weighted by Gasteiger charge is 2.30. The highest BCUT2D eigenvalue weighted by atomic mass is 35.5. The second-order valence-corrected chi connectivity index (χ2v) is 3.83. The van der Waals surface area contributed by atoms with Crippen LogP contribution in [-0.4, -0.2) is 6.61 Å². The number of para-hydroxylation sites is 1. The van der Waals surface area contributed by atoms with Gasteiger partial charge in [0.2, 0.25) is 0 Å². The van der Waals surface area contributed by atoms with Gasteiger partial charge < -0.3 is 10.5 Å². The van der Waals surface area contributed by atoms with Crippen molar-refractivity contribution in [3.63, 3.8) is 0 Å². The van der Waals surface area contributed by atoms with Crippen LogP contribution in [0.3, 0.4) is 0 Å². The van der Waals surface area contributed by atoms with E-state index in [2.05, 4.69) is 6.07 Å². The van der Waals surface area contributed by atoms with Gasteiger partial charge in [-0.1, -0.05) is 18.2 Å². The molecule has 0 heterocycles. The Morgan fingerprint density at radius 2 is 2.07 bits per heavy atom. The number of halogens is 1. The van der Waals surface area contributed by atoms with Crippen molar-refractivity contribution in [2.24, 2.45) is 11.7 Å². The van der Waals surface area contributed by atoms with E-state index >= 15 is 0 Å². The van der Waals surface area contributed by atoms with E-state index < -0.39 is 0 Å². The van der Waals surface area contributed by atoms with Gasteiger partial charge in [-0.3, -0.25) is 0 Å². The van der Waals surface area contributed by atoms with Gasteiger partial charge in [-0.05, 0) is 31.7 Å². The molecule has 1 fully saturated rings. The molecule has 84 valence electrons. The molecular formula is C12H18ClNO. The van der Waals surface area contributed by atoms with Crippen molar-refractivity contribution in [1.29, 1.82) is 0 Å². The average molecular weight is 228 g/mol. The van der Waals surface area contributed by atoms with Gasteiger partial charge in [0.1, 0.15) is 5.75 Å². The first-order valence-electron chi connectivity index (χ1n) is 5.30. The Labute approximate surface area is 97.2 Å². The molecule has 1 aromatic rings. The minimum Gasteiger partial charge on any atom is -0.494 e. The highest BCUT2D eigenvalue weighted by Crippen LogP contribution is 2.41. The molecule has 2 N–H and O–H groups in total. The van der Waals surface area contributed by atoms with Crippen molar-refractivity contribution in [3.05, 3.63) is 29.8 Å². The third-order valence-corrected chi connectivity index (χ3v) is 2.71. The van der Waals surface area contributed by atoms with E-state index in [4.69, 9.17) is 10.5 Å². The maximum atomic E-state index is 6.15. The fourth-order valence-electron chi connectivity index (χ4n) is 1.75. The molecule has 0 aromatic heterocycles. The zero-order valence-electron chi connectivity index (χ0n) is 8.98. The standard InChI is InChI=1S/C12H17NO.ClH/c1-2-14-11-6-4-3-5-10(11)12(13)9-7-8-9;/h3-6,9,12H,2,7-8,13H2,1H3;1H/t12-;/m0./s1. The van der Waals surface area contributed by atoms with Crippen LogP contribution in [0.2, 0.25) is 0 Å². The molecule has 2 rings (SSSR count). The number of benzene rings is 1. The number of hydrogen-bond acceptors (Lipinski definition) is 2. The van der Waals surface area contributed by atoms with Crippen molar-refractivity contribution < 1.29 is 4.74 Å². The summed E-state index contributed by atoms with van der Waals surface area (Å²) in [6.45, 7) is 2.70. The average Bonchev–Trinajstić information content (AvgIpc) is 3.01. The lowest BCUT2D eigenvalue weighted by atomic mass is 10.0. The summed E-state index contributed by atoms with van der Waals surface area (Å²) in [6, 6.07) is 8.27. The van der Waals surface area contributed by atoms with Crippen molar-refractivity contribution in [2.45, 2.75) is 25.8 Å². The Hall–Kier alpha value is -0.730. The van der Waals surface area contributed by atoms with E-state index in [0.29, 0.717) is 12.5 Å². The molecule has 15 heavy (non-hydrogen) atoms. The summed E-state index contributed by atoms with van der Waals surface area (Å²) >= 11 is 0. The Bertz CT molecular complexity index is 312. The van der Waals surface area contributed by atoms with Crippen molar-refractivity contribution >= 4 is 12.4 Å². The first-order valence-corrected chi connectivity index (χ1v) is 5.30. The fourth-order valence-corrected chi connectivity index (χ4v) is 1.75. The predicted molar refractivity (Wildman–Crippen MR) is 64.5 cm³/mol. The van der Waals surface area contributed by atoms with Crippen LogP contribution in [0.25, 0.3) is 0 Å². The fraction of sp³-hybridized carbons (Fsp3) is 0.500. The van der Waals surface area contributed by atoms with E-state index in [0.717, 1.165) is 11.3 Å². The Balaban J connectivity index is 0.00000112. The SMILES string of the molecule is CCOc1ccccc1[C@@H](N)C1CC1.Cl. The monoisotopic (exact) mass is 227 g/mol. The molecule has 0 spiro atoms. The van der Waals surface area contributed by atoms with Crippen LogP contribution in [0, 0.1) is 5.92 Å². The van der Waals surface area contributed by atoms with Gasteiger partial charge in [0.15, 0.2) is 0 Å². The van der Waals surface area contributed by atoms with E-state index in [1.165, 1.54) is 12.8 Å². The number of nitrogens with two attached hydrogens (primary N) is 1. The predicted octanol–water partition coefficient (Wildman–Crippen LogP) is 2.92. The largest absolute Gasteiger partial charge is 0.494 e. The molecule has 0 bridgehead atoms. The summed E-state index contributed by atoms with van der Waals surface area (Å²) in [5, 5.41) is 0. The highest BCUT2D eigenvalue weighted by molar-refractivity contribution is 5.85. The Morgan fingerprint density at radius 3 is 2.67 bits per heavy atom. The van der Waals surface area contributed by atoms with Crippen LogP contribution in [-0.2, 0) is 0 Å². The summed E-state index contributed by atoms with van der Waals surface area (Å²) in [5.41, 5.74) is 7.32. The lowest BCUT2D eigenvalue weighted by molar-refractivity contribution is 0.333. The van der Waals surface area contributed by atoms with Gasteiger partial charge in [-0.25, -0.2) is 0 Å². The molecule has 0 unspecified atom stereocenters. The second-order valence-electron chi connectivity index (χ2n) is 3.83. The lowest BCUT2D eigenvalue weighted by Crippen LogP contribution is -2.13. The zero-order valence-corrected chi connectivity index (χ0v) is 9.80. The maximum Gasteiger partial charge on any atom is 0.124 e. The summed E-state index contributed by atoms with van der Waals surface area (Å²) < 4.78 is 5.56. The van der Waals surface area contributed by atoms with Crippen LogP contribution >= 0.6 is 12.4 Å². The number of rotatable bonds is 4. The Morgan fingerprint density at radius 1 is 1.40 bits per heavy atom. The minimum atomic E-state index is 0. The van der Waals surface area contributed by atoms with Crippen LogP contribution < -0.4 is 10.5 Å². The molecule has 1 atom stereocenters. The summed E-state index contributed by atoms with van der Waals surface area (Å²) in [6.07, 6.45) is 2.53. The normalized spacial score (nSPS) is 16.7. The molecule has 0 radical (unpaired) electrons. The molecule has 3 heteroatoms. The molecule has 0 saturated heterocycles. The molecule has 1 aromatic carbocycles. The van der Waals surface area contributed by atoms with Gasteiger partial charge in [0.05, 0.1) is 6.61 Å². The minimum absolute atomic E-state index is 0. The molecular weight excluding hydrogens is 210 g/mol. The summed E-state index contributed by atoms with van der Waals surface area (Å²) in [7, 11) is 0. The molecule has 0 aliphatic heterocycles. The van der Waals surface area contributed by atoms with Gasteiger partial charge in [-0.2, -0.15) is 0 Å². The molecule has 2 nitrogen and oxygen atoms in total. The molecule has 1 aliphatic rings. The summed E-state index contributed by atoms with van der Waals surface area (Å²) in [5.74, 6) is 1.63. The van der Waals surface area contributed by atoms with Crippen LogP contribution in [0.15, 0.2) is 24.3 Å². The van der Waals surface area contributed by atoms with E-state index in [9.17, 15) is 0 Å². The topological polar surface area (TPSA) is 35.2 Å². The smallest absolute Gasteiger partial charge is 0.124 e. The first kappa shape index (κ1) is 12.3. The van der Waals surface area contributed by atoms with Crippen LogP contribution in [0.1, 0.15) is 31.4 Å².